The number of methoxy groups -OCH3 is 1. The number of rotatable bonds is 3. The molecule has 0 spiro atoms. The molecule has 2 aromatic carbocycles. The molecule has 158 valence electrons. The molecule has 0 radical (unpaired) electrons. The Morgan fingerprint density at radius 1 is 1.23 bits per heavy atom. The van der Waals surface area contributed by atoms with Crippen LogP contribution in [0.4, 0.5) is 5.69 Å². The highest BCUT2D eigenvalue weighted by Crippen LogP contribution is 2.42. The fourth-order valence-electron chi connectivity index (χ4n) is 3.21. The lowest BCUT2D eigenvalue weighted by molar-refractivity contribution is -0.0567. The number of ether oxygens (including phenoxy) is 2. The zero-order valence-electron chi connectivity index (χ0n) is 17.2. The van der Waals surface area contributed by atoms with E-state index in [4.69, 9.17) is 10.00 Å². The molecule has 1 aliphatic rings. The van der Waals surface area contributed by atoms with Gasteiger partial charge in [-0.15, -0.1) is 0 Å². The van der Waals surface area contributed by atoms with Crippen molar-refractivity contribution in [3.63, 3.8) is 0 Å². The van der Waals surface area contributed by atoms with Gasteiger partial charge in [0.15, 0.2) is 6.19 Å². The summed E-state index contributed by atoms with van der Waals surface area (Å²) in [6.07, 6.45) is 0.768. The molecule has 9 heteroatoms. The Bertz CT molecular complexity index is 1100. The van der Waals surface area contributed by atoms with Crippen molar-refractivity contribution in [2.45, 2.75) is 31.6 Å². The summed E-state index contributed by atoms with van der Waals surface area (Å²) in [6.45, 7) is 3.47. The molecule has 1 heterocycles. The highest BCUT2D eigenvalue weighted by Gasteiger charge is 2.43. The summed E-state index contributed by atoms with van der Waals surface area (Å²) in [5.74, 6) is 0.123. The molecule has 3 rings (SSSR count). The van der Waals surface area contributed by atoms with E-state index in [1.54, 1.807) is 56.3 Å². The third-order valence-electron chi connectivity index (χ3n) is 4.85. The van der Waals surface area contributed by atoms with Gasteiger partial charge in [-0.3, -0.25) is 5.32 Å². The van der Waals surface area contributed by atoms with Crippen molar-refractivity contribution in [3.05, 3.63) is 59.2 Å². The maximum Gasteiger partial charge on any atom is 0.337 e. The molecule has 2 aromatic rings. The van der Waals surface area contributed by atoms with Crippen LogP contribution in [0.1, 0.15) is 41.4 Å². The van der Waals surface area contributed by atoms with Crippen molar-refractivity contribution < 1.29 is 19.4 Å². The zero-order valence-corrected chi connectivity index (χ0v) is 17.2. The monoisotopic (exact) mass is 419 g/mol. The van der Waals surface area contributed by atoms with Crippen LogP contribution in [0.25, 0.3) is 0 Å². The Morgan fingerprint density at radius 3 is 2.55 bits per heavy atom. The summed E-state index contributed by atoms with van der Waals surface area (Å²) < 4.78 is 10.6. The number of hydrogen-bond donors (Lipinski definition) is 3. The van der Waals surface area contributed by atoms with Crippen molar-refractivity contribution >= 4 is 17.6 Å². The number of aliphatic hydroxyl groups is 1. The molecule has 0 saturated heterocycles. The Labute approximate surface area is 179 Å². The number of nitrogens with zero attached hydrogens (tertiary/aromatic N) is 3. The Morgan fingerprint density at radius 2 is 1.94 bits per heavy atom. The van der Waals surface area contributed by atoms with Gasteiger partial charge < -0.3 is 19.9 Å². The first-order chi connectivity index (χ1) is 14.8. The van der Waals surface area contributed by atoms with E-state index in [1.807, 2.05) is 6.19 Å². The summed E-state index contributed by atoms with van der Waals surface area (Å²) in [5, 5.41) is 34.8. The average Bonchev–Trinajstić information content (AvgIpc) is 2.76. The highest BCUT2D eigenvalue weighted by atomic mass is 16.5. The van der Waals surface area contributed by atoms with Crippen LogP contribution in [0.15, 0.2) is 47.5 Å². The molecule has 0 saturated carbocycles. The zero-order chi connectivity index (χ0) is 22.6. The number of fused-ring (bicyclic) bond motifs is 1. The van der Waals surface area contributed by atoms with Gasteiger partial charge in [-0.1, -0.05) is 0 Å². The van der Waals surface area contributed by atoms with E-state index in [9.17, 15) is 15.2 Å². The second-order valence-corrected chi connectivity index (χ2v) is 7.37. The van der Waals surface area contributed by atoms with Crippen LogP contribution in [0.5, 0.6) is 5.75 Å². The molecule has 0 aromatic heterocycles. The van der Waals surface area contributed by atoms with Gasteiger partial charge in [0.05, 0.1) is 24.3 Å². The van der Waals surface area contributed by atoms with Crippen molar-refractivity contribution in [2.75, 3.05) is 12.4 Å². The van der Waals surface area contributed by atoms with E-state index in [2.05, 4.69) is 26.4 Å². The van der Waals surface area contributed by atoms with E-state index in [0.29, 0.717) is 28.1 Å². The van der Waals surface area contributed by atoms with Crippen LogP contribution in [0.3, 0.4) is 0 Å². The van der Waals surface area contributed by atoms with Gasteiger partial charge in [0.2, 0.25) is 5.96 Å². The third kappa shape index (κ3) is 4.58. The Balaban J connectivity index is 1.98. The number of carbonyl (C=O) groups is 1. The number of carbonyl (C=O) groups excluding carboxylic acids is 1. The summed E-state index contributed by atoms with van der Waals surface area (Å²) in [4.78, 5) is 16.1. The molecule has 3 N–H and O–H groups in total. The van der Waals surface area contributed by atoms with E-state index < -0.39 is 23.7 Å². The lowest BCUT2D eigenvalue weighted by Crippen LogP contribution is -2.49. The first kappa shape index (κ1) is 21.6. The lowest BCUT2D eigenvalue weighted by atomic mass is 9.86. The summed E-state index contributed by atoms with van der Waals surface area (Å²) >= 11 is 0. The number of guanidine groups is 1. The van der Waals surface area contributed by atoms with Crippen LogP contribution >= 0.6 is 0 Å². The molecule has 0 amide bonds. The maximum absolute atomic E-state index is 11.6. The molecule has 9 nitrogen and oxygen atoms in total. The smallest absolute Gasteiger partial charge is 0.337 e. The first-order valence-corrected chi connectivity index (χ1v) is 9.38. The van der Waals surface area contributed by atoms with Crippen LogP contribution in [0.2, 0.25) is 0 Å². The predicted molar refractivity (Wildman–Crippen MR) is 112 cm³/mol. The van der Waals surface area contributed by atoms with Gasteiger partial charge >= 0.3 is 5.97 Å². The predicted octanol–water partition coefficient (Wildman–Crippen LogP) is 2.46. The Hall–Kier alpha value is -4.08. The number of benzene rings is 2. The van der Waals surface area contributed by atoms with Gasteiger partial charge in [0, 0.05) is 11.3 Å². The number of anilines is 1. The van der Waals surface area contributed by atoms with Gasteiger partial charge in [-0.25, -0.2) is 9.79 Å². The van der Waals surface area contributed by atoms with Gasteiger partial charge in [-0.2, -0.15) is 10.5 Å². The van der Waals surface area contributed by atoms with E-state index in [-0.39, 0.29) is 5.96 Å². The normalized spacial score (nSPS) is 19.1. The molecule has 0 bridgehead atoms. The molecule has 2 atom stereocenters. The third-order valence-corrected chi connectivity index (χ3v) is 4.85. The molecule has 0 fully saturated rings. The summed E-state index contributed by atoms with van der Waals surface area (Å²) in [5.41, 5.74) is 0.914. The van der Waals surface area contributed by atoms with Crippen molar-refractivity contribution in [1.82, 2.24) is 5.32 Å². The van der Waals surface area contributed by atoms with Crippen molar-refractivity contribution in [2.24, 2.45) is 4.99 Å². The fourth-order valence-corrected chi connectivity index (χ4v) is 3.21. The van der Waals surface area contributed by atoms with Gasteiger partial charge in [0.25, 0.3) is 0 Å². The number of aliphatic hydroxyl groups excluding tert-OH is 1. The number of esters is 1. The number of nitrogens with one attached hydrogen (secondary N) is 2. The van der Waals surface area contributed by atoms with Gasteiger partial charge in [0.1, 0.15) is 23.5 Å². The minimum absolute atomic E-state index is 0.0865. The second kappa shape index (κ2) is 8.74. The quantitative estimate of drug-likeness (QED) is 0.227. The Kier molecular flexibility index (Phi) is 6.10. The molecular formula is C22H21N5O4. The number of aliphatic imine (C=N–C) groups is 1. The molecule has 0 aliphatic carbocycles. The molecular weight excluding hydrogens is 398 g/mol. The van der Waals surface area contributed by atoms with Gasteiger partial charge in [-0.05, 0) is 56.3 Å². The lowest BCUT2D eigenvalue weighted by Gasteiger charge is -2.40. The molecule has 0 unspecified atom stereocenters. The van der Waals surface area contributed by atoms with Crippen molar-refractivity contribution in [1.29, 1.82) is 10.5 Å². The average molecular weight is 419 g/mol. The fraction of sp³-hybridized carbons (Fsp3) is 0.273. The first-order valence-electron chi connectivity index (χ1n) is 9.38. The maximum atomic E-state index is 11.6. The van der Waals surface area contributed by atoms with E-state index in [0.717, 1.165) is 0 Å². The topological polar surface area (TPSA) is 140 Å². The van der Waals surface area contributed by atoms with E-state index in [1.165, 1.54) is 7.11 Å². The minimum Gasteiger partial charge on any atom is -0.485 e. The van der Waals surface area contributed by atoms with Crippen LogP contribution in [-0.2, 0) is 4.74 Å². The van der Waals surface area contributed by atoms with Crippen molar-refractivity contribution in [3.8, 4) is 18.0 Å². The second-order valence-electron chi connectivity index (χ2n) is 7.37. The largest absolute Gasteiger partial charge is 0.485 e. The minimum atomic E-state index is -1.05. The van der Waals surface area contributed by atoms with Crippen LogP contribution in [0, 0.1) is 22.8 Å². The van der Waals surface area contributed by atoms with Crippen LogP contribution < -0.4 is 15.4 Å². The standard InChI is InChI=1S/C22H21N5O4/c1-22(2)19(28)18(16-10-13(11-23)4-9-17(16)31-22)27-21(25-12-24)26-15-7-5-14(6-8-15)20(29)30-3/h4-10,18-19,28H,1-3H3,(H2,25,26,27)/t18-,19+/m1/s1. The summed E-state index contributed by atoms with van der Waals surface area (Å²) in [7, 11) is 1.30. The summed E-state index contributed by atoms with van der Waals surface area (Å²) in [6, 6.07) is 12.6. The van der Waals surface area contributed by atoms with Crippen LogP contribution in [-0.4, -0.2) is 35.9 Å². The van der Waals surface area contributed by atoms with E-state index >= 15 is 0 Å². The number of nitriles is 2. The SMILES string of the molecule is COC(=O)c1ccc(NC(=N[C@@H]2c3cc(C#N)ccc3OC(C)(C)[C@H]2O)NC#N)cc1. The highest BCUT2D eigenvalue weighted by molar-refractivity contribution is 5.95. The molecule has 31 heavy (non-hydrogen) atoms. The molecule has 1 aliphatic heterocycles. The number of hydrogen-bond acceptors (Lipinski definition) is 7.